The minimum Gasteiger partial charge on any atom is -0.452 e. The predicted octanol–water partition coefficient (Wildman–Crippen LogP) is 4.20. The highest BCUT2D eigenvalue weighted by atomic mass is 16.5. The van der Waals surface area contributed by atoms with E-state index in [4.69, 9.17) is 4.74 Å². The minimum absolute atomic E-state index is 0.0512. The number of rotatable bonds is 7. The molecule has 0 atom stereocenters. The number of amides is 3. The lowest BCUT2D eigenvalue weighted by atomic mass is 10.0. The monoisotopic (exact) mass is 425 g/mol. The van der Waals surface area contributed by atoms with Gasteiger partial charge in [-0.2, -0.15) is 0 Å². The smallest absolute Gasteiger partial charge is 0.340 e. The van der Waals surface area contributed by atoms with Gasteiger partial charge in [-0.3, -0.25) is 4.79 Å². The van der Waals surface area contributed by atoms with E-state index in [0.29, 0.717) is 12.2 Å². The Morgan fingerprint density at radius 3 is 2.19 bits per heavy atom. The first-order chi connectivity index (χ1) is 14.6. The number of hydrogen-bond donors (Lipinski definition) is 2. The van der Waals surface area contributed by atoms with E-state index in [1.807, 2.05) is 65.0 Å². The predicted molar refractivity (Wildman–Crippen MR) is 121 cm³/mol. The van der Waals surface area contributed by atoms with Crippen molar-refractivity contribution in [3.05, 3.63) is 65.7 Å². The third-order valence-corrected chi connectivity index (χ3v) is 4.44. The Morgan fingerprint density at radius 2 is 1.58 bits per heavy atom. The van der Waals surface area contributed by atoms with Gasteiger partial charge in [0.25, 0.3) is 5.91 Å². The third kappa shape index (κ3) is 7.44. The molecule has 7 nitrogen and oxygen atoms in total. The van der Waals surface area contributed by atoms with Crippen LogP contribution in [0.15, 0.2) is 54.6 Å². The first-order valence-electron chi connectivity index (χ1n) is 10.3. The second-order valence-corrected chi connectivity index (χ2v) is 8.51. The number of urea groups is 1. The van der Waals surface area contributed by atoms with Crippen LogP contribution in [-0.4, -0.2) is 41.0 Å². The lowest BCUT2D eigenvalue weighted by Gasteiger charge is -2.35. The largest absolute Gasteiger partial charge is 0.452 e. The van der Waals surface area contributed by atoms with Gasteiger partial charge in [-0.1, -0.05) is 42.5 Å². The molecule has 0 fully saturated rings. The Bertz CT molecular complexity index is 905. The SMILES string of the molecule is CC(C)NC(=O)Nc1ccccc1C(=O)OCC(=O)N(Cc1ccccc1)C(C)(C)C. The molecule has 0 unspecified atom stereocenters. The standard InChI is InChI=1S/C24H31N3O4/c1-17(2)25-23(30)26-20-14-10-9-13-19(20)22(29)31-16-21(28)27(24(3,4)5)15-18-11-7-6-8-12-18/h6-14,17H,15-16H2,1-5H3,(H2,25,26,30). The van der Waals surface area contributed by atoms with Gasteiger partial charge in [-0.25, -0.2) is 9.59 Å². The van der Waals surface area contributed by atoms with Gasteiger partial charge >= 0.3 is 12.0 Å². The van der Waals surface area contributed by atoms with Crippen molar-refractivity contribution >= 4 is 23.6 Å². The summed E-state index contributed by atoms with van der Waals surface area (Å²) in [4.78, 5) is 39.2. The number of para-hydroxylation sites is 1. The summed E-state index contributed by atoms with van der Waals surface area (Å²) in [5.74, 6) is -0.977. The summed E-state index contributed by atoms with van der Waals surface area (Å²) < 4.78 is 5.31. The fourth-order valence-electron chi connectivity index (χ4n) is 2.94. The minimum atomic E-state index is -0.678. The Hall–Kier alpha value is -3.35. The molecule has 3 amide bonds. The van der Waals surface area contributed by atoms with Crippen LogP contribution in [0, 0.1) is 0 Å². The number of hydrogen-bond acceptors (Lipinski definition) is 4. The average molecular weight is 426 g/mol. The number of carbonyl (C=O) groups excluding carboxylic acids is 3. The van der Waals surface area contributed by atoms with Gasteiger partial charge in [0.2, 0.25) is 0 Å². The number of nitrogens with one attached hydrogen (secondary N) is 2. The first kappa shape index (κ1) is 23.9. The van der Waals surface area contributed by atoms with E-state index in [1.54, 1.807) is 29.2 Å². The van der Waals surface area contributed by atoms with Crippen molar-refractivity contribution in [2.75, 3.05) is 11.9 Å². The molecule has 0 saturated carbocycles. The molecule has 0 spiro atoms. The van der Waals surface area contributed by atoms with E-state index >= 15 is 0 Å². The highest BCUT2D eigenvalue weighted by Crippen LogP contribution is 2.19. The molecule has 0 saturated heterocycles. The summed E-state index contributed by atoms with van der Waals surface area (Å²) in [6.45, 7) is 9.49. The van der Waals surface area contributed by atoms with Crippen LogP contribution < -0.4 is 10.6 Å². The Morgan fingerprint density at radius 1 is 0.968 bits per heavy atom. The molecule has 0 aliphatic carbocycles. The molecule has 31 heavy (non-hydrogen) atoms. The van der Waals surface area contributed by atoms with Crippen molar-refractivity contribution in [2.45, 2.75) is 52.7 Å². The van der Waals surface area contributed by atoms with Crippen LogP contribution in [-0.2, 0) is 16.1 Å². The summed E-state index contributed by atoms with van der Waals surface area (Å²) in [6, 6.07) is 15.7. The molecule has 2 aromatic carbocycles. The molecule has 0 bridgehead atoms. The summed E-state index contributed by atoms with van der Waals surface area (Å²) >= 11 is 0. The van der Waals surface area contributed by atoms with Crippen LogP contribution in [0.1, 0.15) is 50.5 Å². The fourth-order valence-corrected chi connectivity index (χ4v) is 2.94. The molecule has 7 heteroatoms. The summed E-state index contributed by atoms with van der Waals surface area (Å²) in [5.41, 5.74) is 1.03. The lowest BCUT2D eigenvalue weighted by Crippen LogP contribution is -2.46. The molecule has 2 aromatic rings. The normalized spacial score (nSPS) is 11.0. The zero-order valence-electron chi connectivity index (χ0n) is 18.8. The van der Waals surface area contributed by atoms with Gasteiger partial charge in [0.1, 0.15) is 0 Å². The lowest BCUT2D eigenvalue weighted by molar-refractivity contribution is -0.140. The molecular formula is C24H31N3O4. The Kier molecular flexibility index (Phi) is 8.19. The van der Waals surface area contributed by atoms with Crippen molar-refractivity contribution in [3.63, 3.8) is 0 Å². The van der Waals surface area contributed by atoms with Crippen molar-refractivity contribution in [3.8, 4) is 0 Å². The van der Waals surface area contributed by atoms with Gasteiger partial charge < -0.3 is 20.3 Å². The van der Waals surface area contributed by atoms with E-state index < -0.39 is 24.1 Å². The average Bonchev–Trinajstić information content (AvgIpc) is 2.69. The molecule has 0 radical (unpaired) electrons. The molecule has 2 rings (SSSR count). The molecule has 0 aromatic heterocycles. The maximum Gasteiger partial charge on any atom is 0.340 e. The zero-order valence-corrected chi connectivity index (χ0v) is 18.8. The topological polar surface area (TPSA) is 87.7 Å². The van der Waals surface area contributed by atoms with E-state index in [9.17, 15) is 14.4 Å². The van der Waals surface area contributed by atoms with Crippen LogP contribution in [0.2, 0.25) is 0 Å². The maximum absolute atomic E-state index is 12.9. The number of nitrogens with zero attached hydrogens (tertiary/aromatic N) is 1. The van der Waals surface area contributed by atoms with Crippen molar-refractivity contribution in [2.24, 2.45) is 0 Å². The Labute approximate surface area is 183 Å². The molecular weight excluding hydrogens is 394 g/mol. The van der Waals surface area contributed by atoms with E-state index in [1.165, 1.54) is 0 Å². The number of benzene rings is 2. The van der Waals surface area contributed by atoms with Gasteiger partial charge in [0.05, 0.1) is 11.3 Å². The van der Waals surface area contributed by atoms with Crippen LogP contribution in [0.25, 0.3) is 0 Å². The molecule has 2 N–H and O–H groups in total. The third-order valence-electron chi connectivity index (χ3n) is 4.44. The molecule has 0 aliphatic rings. The van der Waals surface area contributed by atoms with Crippen LogP contribution in [0.4, 0.5) is 10.5 Å². The van der Waals surface area contributed by atoms with Gasteiger partial charge in [-0.05, 0) is 52.3 Å². The highest BCUT2D eigenvalue weighted by molar-refractivity contribution is 6.01. The highest BCUT2D eigenvalue weighted by Gasteiger charge is 2.27. The van der Waals surface area contributed by atoms with Gasteiger partial charge in [0, 0.05) is 18.1 Å². The first-order valence-corrected chi connectivity index (χ1v) is 10.3. The fraction of sp³-hybridized carbons (Fsp3) is 0.375. The summed E-state index contributed by atoms with van der Waals surface area (Å²) in [7, 11) is 0. The zero-order chi connectivity index (χ0) is 23.0. The number of anilines is 1. The number of ether oxygens (including phenoxy) is 1. The van der Waals surface area contributed by atoms with Crippen LogP contribution >= 0.6 is 0 Å². The van der Waals surface area contributed by atoms with Gasteiger partial charge in [0.15, 0.2) is 6.61 Å². The van der Waals surface area contributed by atoms with Crippen molar-refractivity contribution < 1.29 is 19.1 Å². The van der Waals surface area contributed by atoms with E-state index in [0.717, 1.165) is 5.56 Å². The number of carbonyl (C=O) groups is 3. The van der Waals surface area contributed by atoms with Gasteiger partial charge in [-0.15, -0.1) is 0 Å². The molecule has 0 aliphatic heterocycles. The molecule has 166 valence electrons. The van der Waals surface area contributed by atoms with Crippen LogP contribution in [0.5, 0.6) is 0 Å². The second-order valence-electron chi connectivity index (χ2n) is 8.51. The van der Waals surface area contributed by atoms with E-state index in [-0.39, 0.29) is 17.5 Å². The quantitative estimate of drug-likeness (QED) is 0.651. The maximum atomic E-state index is 12.9. The molecule has 0 heterocycles. The Balaban J connectivity index is 2.07. The van der Waals surface area contributed by atoms with Crippen molar-refractivity contribution in [1.29, 1.82) is 0 Å². The summed E-state index contributed by atoms with van der Waals surface area (Å²) in [6.07, 6.45) is 0. The number of esters is 1. The van der Waals surface area contributed by atoms with Crippen LogP contribution in [0.3, 0.4) is 0 Å². The summed E-state index contributed by atoms with van der Waals surface area (Å²) in [5, 5.41) is 5.34. The van der Waals surface area contributed by atoms with E-state index in [2.05, 4.69) is 10.6 Å². The van der Waals surface area contributed by atoms with Crippen molar-refractivity contribution in [1.82, 2.24) is 10.2 Å². The second kappa shape index (κ2) is 10.6.